The normalized spacial score (nSPS) is 15.3. The molecule has 0 bridgehead atoms. The second kappa shape index (κ2) is 77.4. The molecule has 12 heteroatoms. The van der Waals surface area contributed by atoms with Crippen LogP contribution in [0.1, 0.15) is 310 Å². The summed E-state index contributed by atoms with van der Waals surface area (Å²) in [5.74, 6) is 2.02. The van der Waals surface area contributed by atoms with E-state index in [1.807, 2.05) is 21.6 Å². The number of aliphatic hydroxyl groups is 4. The maximum atomic E-state index is 12.9. The lowest BCUT2D eigenvalue weighted by Gasteiger charge is -2.34. The van der Waals surface area contributed by atoms with E-state index >= 15 is 0 Å². The quantitative estimate of drug-likeness (QED) is 0.0201. The van der Waals surface area contributed by atoms with Gasteiger partial charge in [-0.25, -0.2) is 0 Å². The fourth-order valence-corrected chi connectivity index (χ4v) is 14.7. The molecule has 0 aromatic rings. The van der Waals surface area contributed by atoms with Crippen LogP contribution in [-0.4, -0.2) is 167 Å². The van der Waals surface area contributed by atoms with Crippen LogP contribution in [0.4, 0.5) is 0 Å². The van der Waals surface area contributed by atoms with Gasteiger partial charge in [0.2, 0.25) is 0 Å². The fraction of sp³-hybridized carbons (Fsp3) is 0.761. The molecular weight excluding hydrogens is 1270 g/mol. The second-order valence-corrected chi connectivity index (χ2v) is 31.1. The molecule has 1 aliphatic rings. The van der Waals surface area contributed by atoms with E-state index in [-0.39, 0.29) is 18.2 Å². The molecule has 0 spiro atoms. The predicted molar refractivity (Wildman–Crippen MR) is 443 cm³/mol. The highest BCUT2D eigenvalue weighted by Gasteiger charge is 2.20. The van der Waals surface area contributed by atoms with Crippen molar-refractivity contribution < 1.29 is 30.0 Å². The number of hydrogen-bond donors (Lipinski definition) is 4. The molecule has 100 heavy (non-hydrogen) atoms. The first-order valence-electron chi connectivity index (χ1n) is 41.7. The SMILES string of the molecule is CC/C=C\C/C=C\C/C=C\CCCCCC[C@@H](O)CN(CCCCC(=O)OCCN1CCN(CCSSCCCN(C[C@@H](O)CCCCCC/C=C\C/C=C\CCCCC)C[C@@H](O)CCCCCC/C=C\C/C=C\CCCCC)CC1)C[C@H](O)CCCCCC/C=C\C/C=C\C/C=C\CC. The van der Waals surface area contributed by atoms with Crippen LogP contribution in [0.2, 0.25) is 0 Å². The van der Waals surface area contributed by atoms with E-state index in [1.54, 1.807) is 0 Å². The monoisotopic (exact) mass is 1430 g/mol. The van der Waals surface area contributed by atoms with E-state index in [2.05, 4.69) is 169 Å². The maximum absolute atomic E-state index is 12.9. The van der Waals surface area contributed by atoms with E-state index in [0.29, 0.717) is 39.2 Å². The van der Waals surface area contributed by atoms with E-state index in [4.69, 9.17) is 4.74 Å². The molecule has 0 saturated carbocycles. The molecule has 0 aromatic heterocycles. The lowest BCUT2D eigenvalue weighted by molar-refractivity contribution is -0.144. The molecular formula is C88H158N4O6S2. The summed E-state index contributed by atoms with van der Waals surface area (Å²) >= 11 is 0. The number of piperazine rings is 1. The number of carbonyl (C=O) groups excluding carboxylic acids is 1. The summed E-state index contributed by atoms with van der Waals surface area (Å²) < 4.78 is 5.76. The van der Waals surface area contributed by atoms with Crippen molar-refractivity contribution in [2.75, 3.05) is 96.6 Å². The topological polar surface area (TPSA) is 120 Å². The standard InChI is InChI=1S/C88H158N4O6S2/c1-5-9-13-17-21-25-29-33-37-41-45-49-53-57-64-84(93)80-91(81-85(94)65-58-54-50-46-42-38-34-30-26-22-18-14-10-6-2)69-62-61-68-88(97)98-77-75-89-71-73-90(74-72-89)76-79-100-99-78-63-70-92(82-86(95)66-59-55-51-47-43-39-35-31-27-23-19-15-11-7-3)83-87(96)67-60-56-52-48-44-40-36-32-28-24-20-16-12-8-4/h9-10,13-14,21-28,33-40,84-87,93-96H,5-8,11-12,15-20,29-32,41-83H2,1-4H3/b13-9-,14-10-,25-21-,26-22-,27-23-,28-24-,37-33-,38-34-,39-35-,40-36-/t84-,85-,86+,87+/m1/s1. The van der Waals surface area contributed by atoms with Crippen LogP contribution in [-0.2, 0) is 9.53 Å². The molecule has 0 unspecified atom stereocenters. The molecule has 1 saturated heterocycles. The Labute approximate surface area is 626 Å². The van der Waals surface area contributed by atoms with Gasteiger partial charge in [-0.2, -0.15) is 0 Å². The minimum absolute atomic E-state index is 0.131. The van der Waals surface area contributed by atoms with Crippen molar-refractivity contribution in [2.45, 2.75) is 335 Å². The number of ether oxygens (including phenoxy) is 1. The number of rotatable bonds is 74. The van der Waals surface area contributed by atoms with Gasteiger partial charge in [0.25, 0.3) is 0 Å². The third-order valence-electron chi connectivity index (χ3n) is 18.7. The molecule has 1 fully saturated rings. The largest absolute Gasteiger partial charge is 0.464 e. The van der Waals surface area contributed by atoms with E-state index in [1.165, 1.54) is 103 Å². The number of aliphatic hydroxyl groups excluding tert-OH is 4. The summed E-state index contributed by atoms with van der Waals surface area (Å²) in [6.07, 6.45) is 91.5. The van der Waals surface area contributed by atoms with Crippen molar-refractivity contribution in [3.8, 4) is 0 Å². The summed E-state index contributed by atoms with van der Waals surface area (Å²) in [5, 5.41) is 44.8. The van der Waals surface area contributed by atoms with Crippen LogP contribution >= 0.6 is 21.6 Å². The molecule has 578 valence electrons. The van der Waals surface area contributed by atoms with E-state index in [9.17, 15) is 25.2 Å². The van der Waals surface area contributed by atoms with Gasteiger partial charge in [-0.05, 0) is 186 Å². The Bertz CT molecular complexity index is 1940. The van der Waals surface area contributed by atoms with Crippen LogP contribution in [0.15, 0.2) is 122 Å². The Balaban J connectivity index is 2.48. The lowest BCUT2D eigenvalue weighted by atomic mass is 10.1. The first-order chi connectivity index (χ1) is 49.2. The van der Waals surface area contributed by atoms with Gasteiger partial charge in [-0.3, -0.25) is 24.4 Å². The number of allylic oxidation sites excluding steroid dienone is 20. The second-order valence-electron chi connectivity index (χ2n) is 28.4. The minimum atomic E-state index is -0.424. The van der Waals surface area contributed by atoms with Gasteiger partial charge in [0.1, 0.15) is 6.61 Å². The molecule has 4 N–H and O–H groups in total. The van der Waals surface area contributed by atoms with Crippen molar-refractivity contribution in [1.29, 1.82) is 0 Å². The summed E-state index contributed by atoms with van der Waals surface area (Å²) in [4.78, 5) is 22.5. The van der Waals surface area contributed by atoms with Crippen molar-refractivity contribution in [2.24, 2.45) is 0 Å². The number of esters is 1. The van der Waals surface area contributed by atoms with Gasteiger partial charge in [0, 0.05) is 83.4 Å². The van der Waals surface area contributed by atoms with Gasteiger partial charge >= 0.3 is 5.97 Å². The highest BCUT2D eigenvalue weighted by Crippen LogP contribution is 2.23. The average molecular weight is 1430 g/mol. The highest BCUT2D eigenvalue weighted by molar-refractivity contribution is 8.76. The molecule has 1 heterocycles. The lowest BCUT2D eigenvalue weighted by Crippen LogP contribution is -2.47. The zero-order valence-electron chi connectivity index (χ0n) is 65.3. The summed E-state index contributed by atoms with van der Waals surface area (Å²) in [6.45, 7) is 19.2. The van der Waals surface area contributed by atoms with Crippen LogP contribution in [0.5, 0.6) is 0 Å². The van der Waals surface area contributed by atoms with Crippen molar-refractivity contribution >= 4 is 27.6 Å². The molecule has 0 aliphatic carbocycles. The minimum Gasteiger partial charge on any atom is -0.464 e. The maximum Gasteiger partial charge on any atom is 0.305 e. The van der Waals surface area contributed by atoms with Crippen LogP contribution < -0.4 is 0 Å². The zero-order chi connectivity index (χ0) is 72.2. The Morgan fingerprint density at radius 2 is 0.650 bits per heavy atom. The molecule has 1 rings (SSSR count). The summed E-state index contributed by atoms with van der Waals surface area (Å²) in [6, 6.07) is 0. The number of hydrogen-bond acceptors (Lipinski definition) is 12. The molecule has 4 atom stereocenters. The smallest absolute Gasteiger partial charge is 0.305 e. The van der Waals surface area contributed by atoms with E-state index in [0.717, 1.165) is 237 Å². The number of carbonyl (C=O) groups is 1. The third-order valence-corrected chi connectivity index (χ3v) is 21.2. The Hall–Kier alpha value is -2.75. The highest BCUT2D eigenvalue weighted by atomic mass is 33.1. The van der Waals surface area contributed by atoms with Crippen molar-refractivity contribution in [3.05, 3.63) is 122 Å². The molecule has 0 amide bonds. The average Bonchev–Trinajstić information content (AvgIpc) is 1.19. The number of nitrogens with zero attached hydrogens (tertiary/aromatic N) is 4. The Morgan fingerprint density at radius 1 is 0.350 bits per heavy atom. The van der Waals surface area contributed by atoms with Gasteiger partial charge < -0.3 is 25.2 Å². The Kier molecular flexibility index (Phi) is 73.7. The fourth-order valence-electron chi connectivity index (χ4n) is 12.6. The predicted octanol–water partition coefficient (Wildman–Crippen LogP) is 22.4. The van der Waals surface area contributed by atoms with Gasteiger partial charge in [0.05, 0.1) is 24.4 Å². The molecule has 0 radical (unpaired) electrons. The van der Waals surface area contributed by atoms with Gasteiger partial charge in [0.15, 0.2) is 0 Å². The van der Waals surface area contributed by atoms with Gasteiger partial charge in [-0.1, -0.05) is 274 Å². The third kappa shape index (κ3) is 69.6. The van der Waals surface area contributed by atoms with Gasteiger partial charge in [-0.15, -0.1) is 0 Å². The van der Waals surface area contributed by atoms with Crippen LogP contribution in [0.3, 0.4) is 0 Å². The molecule has 0 aromatic carbocycles. The first kappa shape index (κ1) is 95.3. The number of unbranched alkanes of at least 4 members (excludes halogenated alkanes) is 23. The molecule has 1 aliphatic heterocycles. The van der Waals surface area contributed by atoms with E-state index < -0.39 is 12.2 Å². The Morgan fingerprint density at radius 3 is 1.00 bits per heavy atom. The molecule has 10 nitrogen and oxygen atoms in total. The van der Waals surface area contributed by atoms with Crippen LogP contribution in [0.25, 0.3) is 0 Å². The summed E-state index contributed by atoms with van der Waals surface area (Å²) in [5.41, 5.74) is 0. The van der Waals surface area contributed by atoms with Crippen molar-refractivity contribution in [1.82, 2.24) is 19.6 Å². The first-order valence-corrected chi connectivity index (χ1v) is 44.2. The van der Waals surface area contributed by atoms with Crippen LogP contribution in [0, 0.1) is 0 Å². The zero-order valence-corrected chi connectivity index (χ0v) is 66.9. The van der Waals surface area contributed by atoms with Crippen molar-refractivity contribution in [3.63, 3.8) is 0 Å². The summed E-state index contributed by atoms with van der Waals surface area (Å²) in [7, 11) is 3.93.